The Morgan fingerprint density at radius 3 is 2.67 bits per heavy atom. The van der Waals surface area contributed by atoms with E-state index < -0.39 is 6.23 Å². The van der Waals surface area contributed by atoms with Gasteiger partial charge in [-0.3, -0.25) is 9.80 Å². The van der Waals surface area contributed by atoms with Crippen LogP contribution in [0, 0.1) is 0 Å². The molecule has 1 unspecified atom stereocenters. The lowest BCUT2D eigenvalue weighted by Crippen LogP contribution is -2.48. The average Bonchev–Trinajstić information content (AvgIpc) is 2.00. The van der Waals surface area contributed by atoms with Gasteiger partial charge in [0.2, 0.25) is 0 Å². The zero-order valence-electron chi connectivity index (χ0n) is 7.56. The molecule has 1 rings (SSSR count). The van der Waals surface area contributed by atoms with Gasteiger partial charge < -0.3 is 5.11 Å². The first-order valence-corrected chi connectivity index (χ1v) is 3.95. The number of likely N-dealkylation sites (N-methyl/N-ethyl adjacent to an activating group) is 1. The Labute approximate surface area is 72.1 Å². The summed E-state index contributed by atoms with van der Waals surface area (Å²) in [5.41, 5.74) is 0. The molecule has 1 heterocycles. The molecule has 1 atom stereocenters. The third kappa shape index (κ3) is 1.43. The first-order chi connectivity index (χ1) is 5.54. The molecule has 4 nitrogen and oxygen atoms in total. The van der Waals surface area contributed by atoms with Crippen molar-refractivity contribution in [1.29, 1.82) is 0 Å². The Balaban J connectivity index is 2.81. The van der Waals surface area contributed by atoms with Gasteiger partial charge in [0, 0.05) is 19.3 Å². The molecule has 0 saturated heterocycles. The highest BCUT2D eigenvalue weighted by molar-refractivity contribution is 5.77. The monoisotopic (exact) mass is 170 g/mol. The van der Waals surface area contributed by atoms with E-state index in [2.05, 4.69) is 0 Å². The predicted octanol–water partition coefficient (Wildman–Crippen LogP) is 0.594. The van der Waals surface area contributed by atoms with Crippen LogP contribution in [-0.2, 0) is 0 Å². The van der Waals surface area contributed by atoms with Crippen molar-refractivity contribution < 1.29 is 9.90 Å². The second kappa shape index (κ2) is 3.15. The molecule has 68 valence electrons. The summed E-state index contributed by atoms with van der Waals surface area (Å²) in [6.07, 6.45) is 2.42. The first kappa shape index (κ1) is 9.06. The number of carbonyl (C=O) groups is 1. The van der Waals surface area contributed by atoms with Gasteiger partial charge in [0.25, 0.3) is 0 Å². The second-order valence-electron chi connectivity index (χ2n) is 3.15. The summed E-state index contributed by atoms with van der Waals surface area (Å²) in [7, 11) is 1.58. The lowest BCUT2D eigenvalue weighted by molar-refractivity contribution is 0.0578. The Morgan fingerprint density at radius 2 is 2.17 bits per heavy atom. The van der Waals surface area contributed by atoms with Crippen LogP contribution >= 0.6 is 0 Å². The van der Waals surface area contributed by atoms with Crippen LogP contribution < -0.4 is 0 Å². The molecule has 0 aliphatic carbocycles. The van der Waals surface area contributed by atoms with Gasteiger partial charge in [-0.1, -0.05) is 0 Å². The summed E-state index contributed by atoms with van der Waals surface area (Å²) < 4.78 is 0. The summed E-state index contributed by atoms with van der Waals surface area (Å²) in [4.78, 5) is 14.3. The minimum atomic E-state index is -0.785. The van der Waals surface area contributed by atoms with Crippen molar-refractivity contribution in [2.75, 3.05) is 7.05 Å². The quantitative estimate of drug-likeness (QED) is 0.626. The number of aliphatic hydroxyl groups is 1. The smallest absolute Gasteiger partial charge is 0.326 e. The fourth-order valence-corrected chi connectivity index (χ4v) is 1.05. The molecule has 1 aliphatic rings. The molecule has 0 aromatic carbocycles. The van der Waals surface area contributed by atoms with E-state index in [4.69, 9.17) is 0 Å². The SMILES string of the molecule is CC(C)N1C=CC(O)N(C)C1=O. The summed E-state index contributed by atoms with van der Waals surface area (Å²) in [5.74, 6) is 0. The van der Waals surface area contributed by atoms with Crippen molar-refractivity contribution in [2.45, 2.75) is 26.1 Å². The Morgan fingerprint density at radius 1 is 1.58 bits per heavy atom. The number of amides is 2. The van der Waals surface area contributed by atoms with E-state index in [-0.39, 0.29) is 12.1 Å². The van der Waals surface area contributed by atoms with E-state index in [1.54, 1.807) is 24.2 Å². The predicted molar refractivity (Wildman–Crippen MR) is 45.3 cm³/mol. The van der Waals surface area contributed by atoms with Gasteiger partial charge in [-0.05, 0) is 19.9 Å². The van der Waals surface area contributed by atoms with Gasteiger partial charge in [-0.25, -0.2) is 4.79 Å². The largest absolute Gasteiger partial charge is 0.370 e. The van der Waals surface area contributed by atoms with Gasteiger partial charge in [0.05, 0.1) is 0 Å². The van der Waals surface area contributed by atoms with Crippen LogP contribution in [0.2, 0.25) is 0 Å². The van der Waals surface area contributed by atoms with Gasteiger partial charge in [0.15, 0.2) is 6.23 Å². The van der Waals surface area contributed by atoms with Gasteiger partial charge in [0.1, 0.15) is 0 Å². The van der Waals surface area contributed by atoms with Crippen LogP contribution in [0.5, 0.6) is 0 Å². The molecular weight excluding hydrogens is 156 g/mol. The van der Waals surface area contributed by atoms with E-state index in [9.17, 15) is 9.90 Å². The van der Waals surface area contributed by atoms with Crippen molar-refractivity contribution in [3.8, 4) is 0 Å². The minimum absolute atomic E-state index is 0.128. The summed E-state index contributed by atoms with van der Waals surface area (Å²) in [6.45, 7) is 3.85. The number of rotatable bonds is 1. The highest BCUT2D eigenvalue weighted by Crippen LogP contribution is 2.12. The van der Waals surface area contributed by atoms with Crippen molar-refractivity contribution in [1.82, 2.24) is 9.80 Å². The Bertz CT molecular complexity index is 213. The van der Waals surface area contributed by atoms with Crippen molar-refractivity contribution in [2.24, 2.45) is 0 Å². The van der Waals surface area contributed by atoms with Crippen molar-refractivity contribution in [3.63, 3.8) is 0 Å². The van der Waals surface area contributed by atoms with Gasteiger partial charge >= 0.3 is 6.03 Å². The van der Waals surface area contributed by atoms with Crippen LogP contribution in [0.1, 0.15) is 13.8 Å². The molecule has 0 aromatic heterocycles. The van der Waals surface area contributed by atoms with Crippen LogP contribution in [0.3, 0.4) is 0 Å². The molecule has 0 spiro atoms. The highest BCUT2D eigenvalue weighted by atomic mass is 16.3. The molecule has 12 heavy (non-hydrogen) atoms. The van der Waals surface area contributed by atoms with Crippen LogP contribution in [0.4, 0.5) is 4.79 Å². The molecule has 1 aliphatic heterocycles. The summed E-state index contributed by atoms with van der Waals surface area (Å²) >= 11 is 0. The molecular formula is C8H14N2O2. The third-order valence-corrected chi connectivity index (χ3v) is 1.89. The number of hydrogen-bond donors (Lipinski definition) is 1. The topological polar surface area (TPSA) is 43.8 Å². The second-order valence-corrected chi connectivity index (χ2v) is 3.15. The molecule has 1 N–H and O–H groups in total. The van der Waals surface area contributed by atoms with Gasteiger partial charge in [-0.2, -0.15) is 0 Å². The van der Waals surface area contributed by atoms with Gasteiger partial charge in [-0.15, -0.1) is 0 Å². The average molecular weight is 170 g/mol. The fraction of sp³-hybridized carbons (Fsp3) is 0.625. The first-order valence-electron chi connectivity index (χ1n) is 3.95. The normalized spacial score (nSPS) is 24.1. The number of urea groups is 1. The Kier molecular flexibility index (Phi) is 2.38. The van der Waals surface area contributed by atoms with Crippen molar-refractivity contribution in [3.05, 3.63) is 12.3 Å². The van der Waals surface area contributed by atoms with E-state index in [1.165, 1.54) is 4.90 Å². The maximum absolute atomic E-state index is 11.4. The molecule has 0 aromatic rings. The van der Waals surface area contributed by atoms with Crippen molar-refractivity contribution >= 4 is 6.03 Å². The lowest BCUT2D eigenvalue weighted by Gasteiger charge is -2.34. The molecule has 0 fully saturated rings. The fourth-order valence-electron chi connectivity index (χ4n) is 1.05. The van der Waals surface area contributed by atoms with Crippen LogP contribution in [-0.4, -0.2) is 40.3 Å². The number of aliphatic hydroxyl groups excluding tert-OH is 1. The minimum Gasteiger partial charge on any atom is -0.370 e. The number of hydrogen-bond acceptors (Lipinski definition) is 2. The lowest BCUT2D eigenvalue weighted by atomic mass is 10.3. The number of carbonyl (C=O) groups excluding carboxylic acids is 1. The zero-order chi connectivity index (χ0) is 9.30. The summed E-state index contributed by atoms with van der Waals surface area (Å²) in [5, 5.41) is 9.24. The van der Waals surface area contributed by atoms with Crippen LogP contribution in [0.25, 0.3) is 0 Å². The zero-order valence-corrected chi connectivity index (χ0v) is 7.56. The standard InChI is InChI=1S/C8H14N2O2/c1-6(2)10-5-4-7(11)9(3)8(10)12/h4-7,11H,1-3H3. The van der Waals surface area contributed by atoms with E-state index in [1.807, 2.05) is 13.8 Å². The molecule has 0 bridgehead atoms. The highest BCUT2D eigenvalue weighted by Gasteiger charge is 2.26. The molecule has 2 amide bonds. The maximum atomic E-state index is 11.4. The maximum Gasteiger partial charge on any atom is 0.326 e. The molecule has 0 radical (unpaired) electrons. The van der Waals surface area contributed by atoms with Crippen LogP contribution in [0.15, 0.2) is 12.3 Å². The third-order valence-electron chi connectivity index (χ3n) is 1.89. The molecule has 0 saturated carbocycles. The summed E-state index contributed by atoms with van der Waals surface area (Å²) in [6, 6.07) is -0.0382. The number of nitrogens with zero attached hydrogens (tertiary/aromatic N) is 2. The van der Waals surface area contributed by atoms with E-state index in [0.29, 0.717) is 0 Å². The van der Waals surface area contributed by atoms with E-state index >= 15 is 0 Å². The molecule has 4 heteroatoms. The van der Waals surface area contributed by atoms with E-state index in [0.717, 1.165) is 0 Å². The Hall–Kier alpha value is -1.03.